The Hall–Kier alpha value is -3.73. The van der Waals surface area contributed by atoms with Crippen molar-refractivity contribution in [1.82, 2.24) is 4.98 Å². The zero-order valence-electron chi connectivity index (χ0n) is 16.1. The van der Waals surface area contributed by atoms with E-state index in [9.17, 15) is 4.79 Å². The molecule has 0 radical (unpaired) electrons. The fourth-order valence-corrected chi connectivity index (χ4v) is 3.12. The van der Waals surface area contributed by atoms with E-state index in [-0.39, 0.29) is 11.3 Å². The predicted molar refractivity (Wildman–Crippen MR) is 113 cm³/mol. The van der Waals surface area contributed by atoms with Crippen LogP contribution in [0.3, 0.4) is 0 Å². The molecule has 0 saturated carbocycles. The van der Waals surface area contributed by atoms with Gasteiger partial charge >= 0.3 is 0 Å². The van der Waals surface area contributed by atoms with E-state index >= 15 is 0 Å². The number of rotatable bonds is 7. The molecule has 29 heavy (non-hydrogen) atoms. The summed E-state index contributed by atoms with van der Waals surface area (Å²) in [6.07, 6.45) is 0. The summed E-state index contributed by atoms with van der Waals surface area (Å²) in [5.41, 5.74) is 2.36. The van der Waals surface area contributed by atoms with Crippen LogP contribution in [0.4, 0.5) is 0 Å². The van der Waals surface area contributed by atoms with Gasteiger partial charge in [0.1, 0.15) is 19.0 Å². The van der Waals surface area contributed by atoms with E-state index in [0.717, 1.165) is 16.5 Å². The van der Waals surface area contributed by atoms with Crippen LogP contribution in [0.15, 0.2) is 83.7 Å². The summed E-state index contributed by atoms with van der Waals surface area (Å²) in [6.45, 7) is 0.784. The quantitative estimate of drug-likeness (QED) is 0.500. The van der Waals surface area contributed by atoms with Gasteiger partial charge in [0, 0.05) is 11.5 Å². The molecule has 4 rings (SSSR count). The molecule has 1 heterocycles. The summed E-state index contributed by atoms with van der Waals surface area (Å²) in [4.78, 5) is 15.3. The summed E-state index contributed by atoms with van der Waals surface area (Å²) in [6, 6.07) is 25.2. The van der Waals surface area contributed by atoms with E-state index in [2.05, 4.69) is 4.98 Å². The van der Waals surface area contributed by atoms with Gasteiger partial charge in [-0.1, -0.05) is 60.7 Å². The van der Waals surface area contributed by atoms with Gasteiger partial charge in [0.05, 0.1) is 12.6 Å². The number of H-pyrrole nitrogens is 1. The van der Waals surface area contributed by atoms with Crippen LogP contribution in [0, 0.1) is 0 Å². The molecule has 0 atom stereocenters. The van der Waals surface area contributed by atoms with Gasteiger partial charge in [0.15, 0.2) is 5.75 Å². The van der Waals surface area contributed by atoms with Crippen molar-refractivity contribution >= 4 is 10.9 Å². The molecule has 5 heteroatoms. The third-order valence-electron chi connectivity index (χ3n) is 4.57. The average molecular weight is 387 g/mol. The number of benzene rings is 3. The molecular formula is C24H21NO4. The first-order valence-electron chi connectivity index (χ1n) is 9.32. The number of nitrogens with one attached hydrogen (secondary N) is 1. The van der Waals surface area contributed by atoms with Gasteiger partial charge in [-0.2, -0.15) is 0 Å². The lowest BCUT2D eigenvalue weighted by Gasteiger charge is -2.14. The number of aromatic nitrogens is 1. The molecule has 1 aromatic heterocycles. The number of ether oxygens (including phenoxy) is 3. The molecule has 0 spiro atoms. The van der Waals surface area contributed by atoms with Crippen molar-refractivity contribution in [2.24, 2.45) is 0 Å². The first-order valence-corrected chi connectivity index (χ1v) is 9.32. The largest absolute Gasteiger partial charge is 0.489 e. The second kappa shape index (κ2) is 8.52. The molecule has 0 fully saturated rings. The van der Waals surface area contributed by atoms with E-state index in [1.807, 2.05) is 72.8 Å². The zero-order valence-corrected chi connectivity index (χ0v) is 16.1. The number of hydrogen-bond acceptors (Lipinski definition) is 4. The van der Waals surface area contributed by atoms with E-state index in [1.54, 1.807) is 6.07 Å². The SMILES string of the molecule is COc1c(OCc2ccccc2)c2ccc(OCc3ccccc3)cc2[nH]c1=O. The maximum atomic E-state index is 12.5. The van der Waals surface area contributed by atoms with Crippen LogP contribution < -0.4 is 19.8 Å². The molecule has 146 valence electrons. The minimum atomic E-state index is -0.344. The summed E-state index contributed by atoms with van der Waals surface area (Å²) in [7, 11) is 1.46. The van der Waals surface area contributed by atoms with Crippen LogP contribution in [-0.2, 0) is 13.2 Å². The number of aromatic amines is 1. The van der Waals surface area contributed by atoms with Crippen LogP contribution in [0.25, 0.3) is 10.9 Å². The number of methoxy groups -OCH3 is 1. The first kappa shape index (κ1) is 18.6. The smallest absolute Gasteiger partial charge is 0.294 e. The van der Waals surface area contributed by atoms with Crippen molar-refractivity contribution in [2.75, 3.05) is 7.11 Å². The third-order valence-corrected chi connectivity index (χ3v) is 4.57. The summed E-state index contributed by atoms with van der Waals surface area (Å²) < 4.78 is 17.2. The minimum Gasteiger partial charge on any atom is -0.489 e. The molecule has 0 aliphatic rings. The van der Waals surface area contributed by atoms with Crippen molar-refractivity contribution in [3.8, 4) is 17.2 Å². The van der Waals surface area contributed by atoms with Gasteiger partial charge in [0.2, 0.25) is 5.75 Å². The highest BCUT2D eigenvalue weighted by molar-refractivity contribution is 5.88. The normalized spacial score (nSPS) is 10.7. The second-order valence-corrected chi connectivity index (χ2v) is 6.57. The minimum absolute atomic E-state index is 0.159. The lowest BCUT2D eigenvalue weighted by atomic mass is 10.1. The maximum absolute atomic E-state index is 12.5. The molecule has 0 aliphatic carbocycles. The Morgan fingerprint density at radius 2 is 1.38 bits per heavy atom. The Bertz CT molecular complexity index is 1150. The van der Waals surface area contributed by atoms with Crippen LogP contribution >= 0.6 is 0 Å². The van der Waals surface area contributed by atoms with Crippen LogP contribution in [0.2, 0.25) is 0 Å². The summed E-state index contributed by atoms with van der Waals surface area (Å²) in [5, 5.41) is 0.754. The molecule has 0 saturated heterocycles. The highest BCUT2D eigenvalue weighted by Gasteiger charge is 2.16. The second-order valence-electron chi connectivity index (χ2n) is 6.57. The Kier molecular flexibility index (Phi) is 5.47. The van der Waals surface area contributed by atoms with Crippen molar-refractivity contribution in [3.63, 3.8) is 0 Å². The molecule has 1 N–H and O–H groups in total. The molecule has 4 aromatic rings. The maximum Gasteiger partial charge on any atom is 0.294 e. The fourth-order valence-electron chi connectivity index (χ4n) is 3.12. The van der Waals surface area contributed by atoms with Gasteiger partial charge in [-0.05, 0) is 23.3 Å². The Morgan fingerprint density at radius 3 is 2.00 bits per heavy atom. The van der Waals surface area contributed by atoms with E-state index in [0.29, 0.717) is 30.2 Å². The average Bonchev–Trinajstić information content (AvgIpc) is 2.77. The number of fused-ring (bicyclic) bond motifs is 1. The van der Waals surface area contributed by atoms with E-state index in [4.69, 9.17) is 14.2 Å². The highest BCUT2D eigenvalue weighted by atomic mass is 16.5. The van der Waals surface area contributed by atoms with E-state index < -0.39 is 0 Å². The predicted octanol–water partition coefficient (Wildman–Crippen LogP) is 4.69. The van der Waals surface area contributed by atoms with Gasteiger partial charge in [-0.15, -0.1) is 0 Å². The van der Waals surface area contributed by atoms with Crippen molar-refractivity contribution < 1.29 is 14.2 Å². The molecule has 3 aromatic carbocycles. The van der Waals surface area contributed by atoms with Gasteiger partial charge in [-0.3, -0.25) is 4.79 Å². The van der Waals surface area contributed by atoms with Crippen molar-refractivity contribution in [2.45, 2.75) is 13.2 Å². The summed E-state index contributed by atoms with van der Waals surface area (Å²) in [5.74, 6) is 1.24. The molecule has 0 amide bonds. The molecule has 0 aliphatic heterocycles. The topological polar surface area (TPSA) is 60.6 Å². The Balaban J connectivity index is 1.63. The van der Waals surface area contributed by atoms with Crippen molar-refractivity contribution in [3.05, 3.63) is 100 Å². The van der Waals surface area contributed by atoms with E-state index in [1.165, 1.54) is 7.11 Å². The number of hydrogen-bond donors (Lipinski definition) is 1. The molecule has 0 bridgehead atoms. The lowest BCUT2D eigenvalue weighted by Crippen LogP contribution is -2.12. The van der Waals surface area contributed by atoms with Crippen LogP contribution in [0.1, 0.15) is 11.1 Å². The highest BCUT2D eigenvalue weighted by Crippen LogP contribution is 2.33. The van der Waals surface area contributed by atoms with Gasteiger partial charge in [-0.25, -0.2) is 0 Å². The monoisotopic (exact) mass is 387 g/mol. The van der Waals surface area contributed by atoms with Gasteiger partial charge in [0.25, 0.3) is 5.56 Å². The first-order chi connectivity index (χ1) is 14.2. The Morgan fingerprint density at radius 1 is 0.759 bits per heavy atom. The number of pyridine rings is 1. The van der Waals surface area contributed by atoms with Gasteiger partial charge < -0.3 is 19.2 Å². The third kappa shape index (κ3) is 4.24. The van der Waals surface area contributed by atoms with Crippen molar-refractivity contribution in [1.29, 1.82) is 0 Å². The Labute approximate surface area is 168 Å². The van der Waals surface area contributed by atoms with Crippen LogP contribution in [-0.4, -0.2) is 12.1 Å². The summed E-state index contributed by atoms with van der Waals surface area (Å²) >= 11 is 0. The lowest BCUT2D eigenvalue weighted by molar-refractivity contribution is 0.286. The molecule has 5 nitrogen and oxygen atoms in total. The zero-order chi connectivity index (χ0) is 20.1. The molecular weight excluding hydrogens is 366 g/mol. The van der Waals surface area contributed by atoms with Crippen LogP contribution in [0.5, 0.6) is 17.2 Å². The standard InChI is InChI=1S/C24H21NO4/c1-27-23-22(29-16-18-10-6-3-7-11-18)20-13-12-19(14-21(20)25-24(23)26)28-15-17-8-4-2-5-9-17/h2-14H,15-16H2,1H3,(H,25,26). The molecule has 0 unspecified atom stereocenters. The fraction of sp³-hybridized carbons (Fsp3) is 0.125.